The topological polar surface area (TPSA) is 25.8 Å². The highest BCUT2D eigenvalue weighted by molar-refractivity contribution is 6.08. The Kier molecular flexibility index (Phi) is 5.03. The first kappa shape index (κ1) is 22.9. The number of hydrogen-bond acceptors (Lipinski definition) is 2. The second-order valence-corrected chi connectivity index (χ2v) is 11.0. The summed E-state index contributed by atoms with van der Waals surface area (Å²) in [6.07, 6.45) is 0.880. The molecule has 0 N–H and O–H groups in total. The van der Waals surface area contributed by atoms with Gasteiger partial charge in [0.05, 0.1) is 11.0 Å². The number of hydrogen-bond donors (Lipinski definition) is 0. The van der Waals surface area contributed by atoms with Crippen LogP contribution in [0.4, 0.5) is 0 Å². The van der Waals surface area contributed by atoms with E-state index in [9.17, 15) is 0 Å². The molecule has 38 heavy (non-hydrogen) atoms. The Morgan fingerprint density at radius 2 is 1.37 bits per heavy atom. The third kappa shape index (κ3) is 3.40. The molecule has 0 bridgehead atoms. The summed E-state index contributed by atoms with van der Waals surface area (Å²) in [5.41, 5.74) is 14.5. The van der Waals surface area contributed by atoms with Gasteiger partial charge >= 0.3 is 0 Å². The van der Waals surface area contributed by atoms with E-state index in [1.807, 2.05) is 6.92 Å². The number of aryl methyl sites for hydroxylation is 2. The number of benzene rings is 4. The molecular weight excluding hydrogens is 460 g/mol. The van der Waals surface area contributed by atoms with Crippen molar-refractivity contribution in [3.8, 4) is 33.4 Å². The Labute approximate surface area is 224 Å². The maximum Gasteiger partial charge on any atom is 0.0974 e. The molecule has 0 fully saturated rings. The molecule has 2 nitrogen and oxygen atoms in total. The van der Waals surface area contributed by atoms with Gasteiger partial charge in [-0.25, -0.2) is 0 Å². The second-order valence-electron chi connectivity index (χ2n) is 11.0. The van der Waals surface area contributed by atoms with Crippen LogP contribution in [0.1, 0.15) is 43.3 Å². The van der Waals surface area contributed by atoms with Gasteiger partial charge in [-0.3, -0.25) is 9.97 Å². The molecule has 0 amide bonds. The molecule has 6 aromatic rings. The summed E-state index contributed by atoms with van der Waals surface area (Å²) in [7, 11) is 0. The molecule has 0 aliphatic heterocycles. The van der Waals surface area contributed by atoms with Crippen LogP contribution in [0.2, 0.25) is 0 Å². The van der Waals surface area contributed by atoms with Gasteiger partial charge in [-0.1, -0.05) is 93.6 Å². The first-order chi connectivity index (χ1) is 18.4. The lowest BCUT2D eigenvalue weighted by atomic mass is 9.81. The average molecular weight is 491 g/mol. The number of aromatic nitrogens is 2. The van der Waals surface area contributed by atoms with E-state index >= 15 is 0 Å². The van der Waals surface area contributed by atoms with Crippen LogP contribution in [0, 0.1) is 6.92 Å². The first-order valence-electron chi connectivity index (χ1n) is 13.5. The van der Waals surface area contributed by atoms with Crippen molar-refractivity contribution in [2.75, 3.05) is 0 Å². The van der Waals surface area contributed by atoms with E-state index in [4.69, 9.17) is 9.97 Å². The van der Waals surface area contributed by atoms with Gasteiger partial charge in [0, 0.05) is 27.6 Å². The van der Waals surface area contributed by atoms with Gasteiger partial charge in [-0.05, 0) is 82.1 Å². The summed E-state index contributed by atoms with van der Waals surface area (Å²) in [5, 5.41) is 2.28. The average Bonchev–Trinajstić information content (AvgIpc) is 3.18. The number of pyridine rings is 2. The van der Waals surface area contributed by atoms with Crippen LogP contribution in [0.5, 0.6) is 0 Å². The molecular formula is C36H30N2. The van der Waals surface area contributed by atoms with Gasteiger partial charge in [-0.15, -0.1) is 0 Å². The molecule has 184 valence electrons. The highest BCUT2D eigenvalue weighted by Crippen LogP contribution is 2.49. The maximum atomic E-state index is 5.04. The van der Waals surface area contributed by atoms with Crippen LogP contribution in [0.15, 0.2) is 97.1 Å². The van der Waals surface area contributed by atoms with E-state index in [0.717, 1.165) is 39.6 Å². The molecule has 0 saturated carbocycles. The van der Waals surface area contributed by atoms with E-state index < -0.39 is 0 Å². The van der Waals surface area contributed by atoms with Crippen LogP contribution in [0.3, 0.4) is 0 Å². The van der Waals surface area contributed by atoms with Crippen molar-refractivity contribution in [2.45, 2.75) is 39.5 Å². The van der Waals surface area contributed by atoms with Gasteiger partial charge in [0.1, 0.15) is 0 Å². The van der Waals surface area contributed by atoms with Gasteiger partial charge in [0.2, 0.25) is 0 Å². The number of rotatable bonds is 3. The monoisotopic (exact) mass is 490 g/mol. The molecule has 0 atom stereocenters. The number of nitrogens with zero attached hydrogens (tertiary/aromatic N) is 2. The van der Waals surface area contributed by atoms with Crippen LogP contribution in [0.25, 0.3) is 55.2 Å². The normalized spacial score (nSPS) is 13.6. The fourth-order valence-electron chi connectivity index (χ4n) is 6.19. The Hall–Kier alpha value is -4.30. The molecule has 4 aromatic carbocycles. The SMILES string of the molecule is CCc1cc(-c2cccc(-c3ccc4c(c3)C(C)(C)c3ccccc3-4)c2)c2ccc3ccc(C)nc3c2n1. The fraction of sp³-hybridized carbons (Fsp3) is 0.167. The van der Waals surface area contributed by atoms with Crippen molar-refractivity contribution in [2.24, 2.45) is 0 Å². The molecule has 0 unspecified atom stereocenters. The minimum absolute atomic E-state index is 0.0108. The van der Waals surface area contributed by atoms with Gasteiger partial charge < -0.3 is 0 Å². The zero-order chi connectivity index (χ0) is 26.0. The minimum Gasteiger partial charge on any atom is -0.251 e. The van der Waals surface area contributed by atoms with E-state index in [0.29, 0.717) is 0 Å². The van der Waals surface area contributed by atoms with Crippen LogP contribution >= 0.6 is 0 Å². The Morgan fingerprint density at radius 1 is 0.605 bits per heavy atom. The summed E-state index contributed by atoms with van der Waals surface area (Å²) in [6, 6.07) is 35.6. The van der Waals surface area contributed by atoms with Crippen LogP contribution < -0.4 is 0 Å². The van der Waals surface area contributed by atoms with E-state index in [-0.39, 0.29) is 5.41 Å². The van der Waals surface area contributed by atoms with Crippen LogP contribution in [-0.4, -0.2) is 9.97 Å². The third-order valence-corrected chi connectivity index (χ3v) is 8.28. The quantitative estimate of drug-likeness (QED) is 0.231. The van der Waals surface area contributed by atoms with Crippen molar-refractivity contribution in [1.82, 2.24) is 9.97 Å². The Balaban J connectivity index is 1.39. The molecule has 2 heterocycles. The summed E-state index contributed by atoms with van der Waals surface area (Å²) in [6.45, 7) is 8.89. The lowest BCUT2D eigenvalue weighted by Gasteiger charge is -2.22. The zero-order valence-corrected chi connectivity index (χ0v) is 22.3. The zero-order valence-electron chi connectivity index (χ0n) is 22.3. The van der Waals surface area contributed by atoms with E-state index in [1.54, 1.807) is 0 Å². The standard InChI is InChI=1S/C36H30N2/c1-5-27-21-31(30-18-15-23-14-13-22(2)37-34(23)35(30)38-27)26-10-8-9-24(19-26)25-16-17-29-28-11-6-7-12-32(28)36(3,4)33(29)20-25/h6-21H,5H2,1-4H3. The minimum atomic E-state index is -0.0108. The molecule has 1 aliphatic carbocycles. The largest absolute Gasteiger partial charge is 0.251 e. The van der Waals surface area contributed by atoms with Crippen molar-refractivity contribution >= 4 is 21.8 Å². The molecule has 7 rings (SSSR count). The summed E-state index contributed by atoms with van der Waals surface area (Å²) >= 11 is 0. The second kappa shape index (κ2) is 8.36. The molecule has 2 heteroatoms. The van der Waals surface area contributed by atoms with E-state index in [1.165, 1.54) is 44.5 Å². The molecule has 0 radical (unpaired) electrons. The molecule has 0 saturated heterocycles. The highest BCUT2D eigenvalue weighted by Gasteiger charge is 2.35. The van der Waals surface area contributed by atoms with Crippen LogP contribution in [-0.2, 0) is 11.8 Å². The fourth-order valence-corrected chi connectivity index (χ4v) is 6.19. The number of fused-ring (bicyclic) bond motifs is 6. The van der Waals surface area contributed by atoms with Crippen molar-refractivity contribution in [3.05, 3.63) is 120 Å². The highest BCUT2D eigenvalue weighted by atomic mass is 14.8. The lowest BCUT2D eigenvalue weighted by Crippen LogP contribution is -2.14. The predicted octanol–water partition coefficient (Wildman–Crippen LogP) is 9.29. The van der Waals surface area contributed by atoms with Gasteiger partial charge in [-0.2, -0.15) is 0 Å². The van der Waals surface area contributed by atoms with Crippen molar-refractivity contribution < 1.29 is 0 Å². The predicted molar refractivity (Wildman–Crippen MR) is 160 cm³/mol. The third-order valence-electron chi connectivity index (χ3n) is 8.28. The van der Waals surface area contributed by atoms with Crippen molar-refractivity contribution in [3.63, 3.8) is 0 Å². The summed E-state index contributed by atoms with van der Waals surface area (Å²) < 4.78 is 0. The molecule has 2 aromatic heterocycles. The molecule has 1 aliphatic rings. The Bertz CT molecular complexity index is 1890. The van der Waals surface area contributed by atoms with E-state index in [2.05, 4.69) is 118 Å². The summed E-state index contributed by atoms with van der Waals surface area (Å²) in [4.78, 5) is 9.92. The van der Waals surface area contributed by atoms with Gasteiger partial charge in [0.15, 0.2) is 0 Å². The van der Waals surface area contributed by atoms with Crippen molar-refractivity contribution in [1.29, 1.82) is 0 Å². The molecule has 0 spiro atoms. The van der Waals surface area contributed by atoms with Gasteiger partial charge in [0.25, 0.3) is 0 Å². The Morgan fingerprint density at radius 3 is 2.24 bits per heavy atom. The maximum absolute atomic E-state index is 5.04. The summed E-state index contributed by atoms with van der Waals surface area (Å²) in [5.74, 6) is 0. The smallest absolute Gasteiger partial charge is 0.0974 e. The lowest BCUT2D eigenvalue weighted by molar-refractivity contribution is 0.660. The first-order valence-corrected chi connectivity index (χ1v) is 13.5.